The first-order valence-corrected chi connectivity index (χ1v) is 11.8. The Balaban J connectivity index is 1.65. The van der Waals surface area contributed by atoms with Gasteiger partial charge in [-0.15, -0.1) is 0 Å². The largest absolute Gasteiger partial charge is 0.345 e. The summed E-state index contributed by atoms with van der Waals surface area (Å²) in [5.41, 5.74) is 7.02. The van der Waals surface area contributed by atoms with Crippen molar-refractivity contribution in [1.82, 2.24) is 10.3 Å². The molecule has 0 saturated carbocycles. The second-order valence-electron chi connectivity index (χ2n) is 9.16. The Labute approximate surface area is 196 Å². The number of pyridine rings is 1. The number of carbonyl (C=O) groups excluding carboxylic acids is 1. The summed E-state index contributed by atoms with van der Waals surface area (Å²) in [4.78, 5) is 18.2. The van der Waals surface area contributed by atoms with Gasteiger partial charge in [-0.25, -0.2) is 4.98 Å². The number of rotatable bonds is 7. The Kier molecular flexibility index (Phi) is 6.88. The van der Waals surface area contributed by atoms with Gasteiger partial charge in [0.1, 0.15) is 0 Å². The van der Waals surface area contributed by atoms with Gasteiger partial charge in [-0.2, -0.15) is 0 Å². The van der Waals surface area contributed by atoms with Crippen LogP contribution >= 0.6 is 0 Å². The molecule has 0 aliphatic rings. The number of nitrogens with one attached hydrogen (secondary N) is 1. The highest BCUT2D eigenvalue weighted by Gasteiger charge is 2.17. The van der Waals surface area contributed by atoms with Gasteiger partial charge in [-0.05, 0) is 54.5 Å². The van der Waals surface area contributed by atoms with Gasteiger partial charge in [0.15, 0.2) is 0 Å². The number of nitrogens with zero attached hydrogens (tertiary/aromatic N) is 1. The van der Waals surface area contributed by atoms with E-state index in [4.69, 9.17) is 4.98 Å². The van der Waals surface area contributed by atoms with Gasteiger partial charge < -0.3 is 5.32 Å². The lowest BCUT2D eigenvalue weighted by Gasteiger charge is -2.16. The van der Waals surface area contributed by atoms with E-state index in [1.807, 2.05) is 37.3 Å². The third kappa shape index (κ3) is 5.31. The zero-order valence-electron chi connectivity index (χ0n) is 19.9. The Morgan fingerprint density at radius 2 is 1.55 bits per heavy atom. The molecule has 0 fully saturated rings. The van der Waals surface area contributed by atoms with Crippen LogP contribution in [0.2, 0.25) is 0 Å². The standard InChI is InChI=1S/C30H32N2O/c1-5-22-10-14-24(15-11-22)21(4)31-30(33)27-19-29(32-28-9-7-6-8-26(27)28)25-16-12-23(13-17-25)18-20(2)3/h6-17,19-21H,5,18H2,1-4H3,(H,31,33)/t21-/m0/s1. The molecule has 1 N–H and O–H groups in total. The summed E-state index contributed by atoms with van der Waals surface area (Å²) in [6, 6.07) is 26.7. The van der Waals surface area contributed by atoms with Crippen LogP contribution in [0.15, 0.2) is 78.9 Å². The van der Waals surface area contributed by atoms with E-state index in [0.29, 0.717) is 11.5 Å². The summed E-state index contributed by atoms with van der Waals surface area (Å²) in [5, 5.41) is 4.05. The molecular formula is C30H32N2O. The van der Waals surface area contributed by atoms with Crippen LogP contribution in [0.1, 0.15) is 60.8 Å². The molecule has 33 heavy (non-hydrogen) atoms. The van der Waals surface area contributed by atoms with Gasteiger partial charge in [0, 0.05) is 10.9 Å². The van der Waals surface area contributed by atoms with Crippen molar-refractivity contribution in [2.45, 2.75) is 46.6 Å². The van der Waals surface area contributed by atoms with Crippen LogP contribution < -0.4 is 5.32 Å². The highest BCUT2D eigenvalue weighted by atomic mass is 16.1. The molecular weight excluding hydrogens is 404 g/mol. The van der Waals surface area contributed by atoms with Crippen LogP contribution in [0.5, 0.6) is 0 Å². The molecule has 4 aromatic rings. The van der Waals surface area contributed by atoms with Crippen molar-refractivity contribution in [3.05, 3.63) is 101 Å². The number of fused-ring (bicyclic) bond motifs is 1. The van der Waals surface area contributed by atoms with Crippen molar-refractivity contribution in [1.29, 1.82) is 0 Å². The molecule has 1 aromatic heterocycles. The third-order valence-corrected chi connectivity index (χ3v) is 6.09. The van der Waals surface area contributed by atoms with E-state index >= 15 is 0 Å². The van der Waals surface area contributed by atoms with Gasteiger partial charge in [0.2, 0.25) is 0 Å². The lowest BCUT2D eigenvalue weighted by atomic mass is 9.99. The fourth-order valence-corrected chi connectivity index (χ4v) is 4.19. The lowest BCUT2D eigenvalue weighted by Crippen LogP contribution is -2.27. The molecule has 3 nitrogen and oxygen atoms in total. The van der Waals surface area contributed by atoms with Crippen LogP contribution in [0.25, 0.3) is 22.2 Å². The Morgan fingerprint density at radius 3 is 2.21 bits per heavy atom. The average Bonchev–Trinajstić information content (AvgIpc) is 2.83. The second-order valence-corrected chi connectivity index (χ2v) is 9.16. The number of para-hydroxylation sites is 1. The first-order valence-electron chi connectivity index (χ1n) is 11.8. The molecule has 4 rings (SSSR count). The normalized spacial score (nSPS) is 12.2. The van der Waals surface area contributed by atoms with E-state index in [0.717, 1.165) is 40.6 Å². The number of hydrogen-bond donors (Lipinski definition) is 1. The van der Waals surface area contributed by atoms with Crippen LogP contribution in [-0.4, -0.2) is 10.9 Å². The Morgan fingerprint density at radius 1 is 0.879 bits per heavy atom. The minimum Gasteiger partial charge on any atom is -0.345 e. The minimum absolute atomic E-state index is 0.0849. The average molecular weight is 437 g/mol. The van der Waals surface area contributed by atoms with E-state index < -0.39 is 0 Å². The zero-order valence-corrected chi connectivity index (χ0v) is 19.9. The predicted molar refractivity (Wildman–Crippen MR) is 137 cm³/mol. The molecule has 3 heteroatoms. The van der Waals surface area contributed by atoms with Gasteiger partial charge >= 0.3 is 0 Å². The van der Waals surface area contributed by atoms with Crippen LogP contribution in [0, 0.1) is 5.92 Å². The van der Waals surface area contributed by atoms with E-state index in [9.17, 15) is 4.79 Å². The van der Waals surface area contributed by atoms with Crippen molar-refractivity contribution in [2.75, 3.05) is 0 Å². The van der Waals surface area contributed by atoms with Crippen LogP contribution in [-0.2, 0) is 12.8 Å². The van der Waals surface area contributed by atoms with Gasteiger partial charge in [0.05, 0.1) is 22.8 Å². The Bertz CT molecular complexity index is 1240. The van der Waals surface area contributed by atoms with E-state index in [2.05, 4.69) is 74.6 Å². The SMILES string of the molecule is CCc1ccc([C@H](C)NC(=O)c2cc(-c3ccc(CC(C)C)cc3)nc3ccccc23)cc1. The fraction of sp³-hybridized carbons (Fsp3) is 0.267. The van der Waals surface area contributed by atoms with Crippen molar-refractivity contribution in [2.24, 2.45) is 5.92 Å². The number of carbonyl (C=O) groups is 1. The van der Waals surface area contributed by atoms with Gasteiger partial charge in [0.25, 0.3) is 5.91 Å². The zero-order chi connectivity index (χ0) is 23.4. The maximum atomic E-state index is 13.4. The number of benzene rings is 3. The number of amides is 1. The molecule has 0 unspecified atom stereocenters. The molecule has 0 radical (unpaired) electrons. The fourth-order valence-electron chi connectivity index (χ4n) is 4.19. The highest BCUT2D eigenvalue weighted by Crippen LogP contribution is 2.26. The predicted octanol–water partition coefficient (Wildman–Crippen LogP) is 7.15. The number of hydrogen-bond acceptors (Lipinski definition) is 2. The quantitative estimate of drug-likeness (QED) is 0.334. The third-order valence-electron chi connectivity index (χ3n) is 6.09. The summed E-state index contributed by atoms with van der Waals surface area (Å²) < 4.78 is 0. The topological polar surface area (TPSA) is 42.0 Å². The maximum absolute atomic E-state index is 13.4. The van der Waals surface area contributed by atoms with E-state index in [-0.39, 0.29) is 11.9 Å². The number of aryl methyl sites for hydroxylation is 1. The molecule has 168 valence electrons. The van der Waals surface area contributed by atoms with Crippen molar-refractivity contribution < 1.29 is 4.79 Å². The smallest absolute Gasteiger partial charge is 0.252 e. The molecule has 1 heterocycles. The highest BCUT2D eigenvalue weighted by molar-refractivity contribution is 6.07. The van der Waals surface area contributed by atoms with Crippen LogP contribution in [0.4, 0.5) is 0 Å². The summed E-state index contributed by atoms with van der Waals surface area (Å²) in [7, 11) is 0. The van der Waals surface area contributed by atoms with Crippen molar-refractivity contribution in [3.63, 3.8) is 0 Å². The van der Waals surface area contributed by atoms with E-state index in [1.54, 1.807) is 0 Å². The first-order chi connectivity index (χ1) is 15.9. The molecule has 1 atom stereocenters. The lowest BCUT2D eigenvalue weighted by molar-refractivity contribution is 0.0941. The van der Waals surface area contributed by atoms with Crippen LogP contribution in [0.3, 0.4) is 0 Å². The molecule has 0 aliphatic heterocycles. The number of aromatic nitrogens is 1. The molecule has 1 amide bonds. The molecule has 0 bridgehead atoms. The summed E-state index contributed by atoms with van der Waals surface area (Å²) in [6.07, 6.45) is 2.06. The minimum atomic E-state index is -0.0888. The maximum Gasteiger partial charge on any atom is 0.252 e. The van der Waals surface area contributed by atoms with Crippen molar-refractivity contribution >= 4 is 16.8 Å². The summed E-state index contributed by atoms with van der Waals surface area (Å²) in [6.45, 7) is 8.62. The van der Waals surface area contributed by atoms with Gasteiger partial charge in [-0.3, -0.25) is 4.79 Å². The van der Waals surface area contributed by atoms with Gasteiger partial charge in [-0.1, -0.05) is 87.5 Å². The Hall–Kier alpha value is -3.46. The first kappa shape index (κ1) is 22.7. The van der Waals surface area contributed by atoms with E-state index in [1.165, 1.54) is 11.1 Å². The summed E-state index contributed by atoms with van der Waals surface area (Å²) in [5.74, 6) is 0.531. The monoisotopic (exact) mass is 436 g/mol. The molecule has 3 aromatic carbocycles. The second kappa shape index (κ2) is 9.99. The van der Waals surface area contributed by atoms with Crippen molar-refractivity contribution in [3.8, 4) is 11.3 Å². The summed E-state index contributed by atoms with van der Waals surface area (Å²) >= 11 is 0. The molecule has 0 spiro atoms. The molecule has 0 saturated heterocycles. The molecule has 0 aliphatic carbocycles.